The molecule has 0 fully saturated rings. The van der Waals surface area contributed by atoms with E-state index < -0.39 is 0 Å². The van der Waals surface area contributed by atoms with E-state index in [-0.39, 0.29) is 11.7 Å². The Labute approximate surface area is 155 Å². The van der Waals surface area contributed by atoms with Crippen molar-refractivity contribution in [1.29, 1.82) is 0 Å². The third-order valence-corrected chi connectivity index (χ3v) is 5.28. The van der Waals surface area contributed by atoms with Gasteiger partial charge in [-0.1, -0.05) is 30.0 Å². The van der Waals surface area contributed by atoms with Crippen molar-refractivity contribution in [2.45, 2.75) is 17.0 Å². The van der Waals surface area contributed by atoms with Gasteiger partial charge in [0.2, 0.25) is 5.91 Å². The fourth-order valence-corrected chi connectivity index (χ4v) is 3.45. The van der Waals surface area contributed by atoms with E-state index in [1.165, 1.54) is 16.7 Å². The summed E-state index contributed by atoms with van der Waals surface area (Å²) in [5, 5.41) is 11.7. The standard InChI is InChI=1S/C18H18N4OS2/c1-13-5-3-4-6-16(13)22-12-19-21-18(22)25-11-17(23)20-14-7-9-15(24-2)10-8-14/h3-10,12H,11H2,1-2H3,(H,20,23). The second kappa shape index (κ2) is 8.22. The van der Waals surface area contributed by atoms with Crippen LogP contribution < -0.4 is 5.32 Å². The van der Waals surface area contributed by atoms with Gasteiger partial charge in [-0.05, 0) is 49.1 Å². The van der Waals surface area contributed by atoms with Gasteiger partial charge in [0.1, 0.15) is 6.33 Å². The number of benzene rings is 2. The maximum absolute atomic E-state index is 12.2. The molecule has 128 valence electrons. The van der Waals surface area contributed by atoms with Crippen LogP contribution in [-0.4, -0.2) is 32.7 Å². The number of nitrogens with one attached hydrogen (secondary N) is 1. The first kappa shape index (κ1) is 17.6. The average molecular weight is 371 g/mol. The molecule has 25 heavy (non-hydrogen) atoms. The van der Waals surface area contributed by atoms with Crippen LogP contribution in [0.4, 0.5) is 5.69 Å². The summed E-state index contributed by atoms with van der Waals surface area (Å²) in [4.78, 5) is 13.3. The Bertz CT molecular complexity index is 862. The minimum Gasteiger partial charge on any atom is -0.325 e. The van der Waals surface area contributed by atoms with Gasteiger partial charge in [0.15, 0.2) is 5.16 Å². The Morgan fingerprint density at radius 2 is 1.92 bits per heavy atom. The van der Waals surface area contributed by atoms with Crippen molar-refractivity contribution in [2.75, 3.05) is 17.3 Å². The van der Waals surface area contributed by atoms with E-state index in [2.05, 4.69) is 15.5 Å². The van der Waals surface area contributed by atoms with Crippen molar-refractivity contribution in [1.82, 2.24) is 14.8 Å². The molecule has 0 atom stereocenters. The molecule has 5 nitrogen and oxygen atoms in total. The summed E-state index contributed by atoms with van der Waals surface area (Å²) in [6.07, 6.45) is 3.69. The van der Waals surface area contributed by atoms with Gasteiger partial charge in [0, 0.05) is 10.6 Å². The van der Waals surface area contributed by atoms with Crippen molar-refractivity contribution in [2.24, 2.45) is 0 Å². The average Bonchev–Trinajstić information content (AvgIpc) is 3.09. The highest BCUT2D eigenvalue weighted by Gasteiger charge is 2.11. The molecule has 0 unspecified atom stereocenters. The number of aromatic nitrogens is 3. The summed E-state index contributed by atoms with van der Waals surface area (Å²) in [7, 11) is 0. The topological polar surface area (TPSA) is 59.8 Å². The highest BCUT2D eigenvalue weighted by Crippen LogP contribution is 2.22. The summed E-state index contributed by atoms with van der Waals surface area (Å²) < 4.78 is 1.90. The molecule has 0 aliphatic rings. The lowest BCUT2D eigenvalue weighted by atomic mass is 10.2. The normalized spacial score (nSPS) is 10.6. The highest BCUT2D eigenvalue weighted by molar-refractivity contribution is 7.99. The summed E-state index contributed by atoms with van der Waals surface area (Å²) in [5.74, 6) is 0.204. The zero-order valence-electron chi connectivity index (χ0n) is 14.0. The van der Waals surface area contributed by atoms with Gasteiger partial charge in [-0.2, -0.15) is 0 Å². The van der Waals surface area contributed by atoms with E-state index >= 15 is 0 Å². The first-order chi connectivity index (χ1) is 12.2. The van der Waals surface area contributed by atoms with Crippen molar-refractivity contribution < 1.29 is 4.79 Å². The number of hydrogen-bond donors (Lipinski definition) is 1. The van der Waals surface area contributed by atoms with Gasteiger partial charge in [0.25, 0.3) is 0 Å². The summed E-state index contributed by atoms with van der Waals surface area (Å²) in [6, 6.07) is 15.8. The van der Waals surface area contributed by atoms with Gasteiger partial charge < -0.3 is 5.32 Å². The lowest BCUT2D eigenvalue weighted by Gasteiger charge is -2.09. The molecule has 0 aliphatic heterocycles. The molecule has 7 heteroatoms. The molecule has 0 saturated heterocycles. The van der Waals surface area contributed by atoms with Crippen LogP contribution >= 0.6 is 23.5 Å². The second-order valence-corrected chi connectivity index (χ2v) is 7.16. The Kier molecular flexibility index (Phi) is 5.78. The van der Waals surface area contributed by atoms with Crippen molar-refractivity contribution in [3.8, 4) is 5.69 Å². The van der Waals surface area contributed by atoms with E-state index in [4.69, 9.17) is 0 Å². The van der Waals surface area contributed by atoms with Crippen molar-refractivity contribution >= 4 is 35.1 Å². The smallest absolute Gasteiger partial charge is 0.234 e. The Morgan fingerprint density at radius 1 is 1.16 bits per heavy atom. The first-order valence-electron chi connectivity index (χ1n) is 7.70. The van der Waals surface area contributed by atoms with Crippen LogP contribution in [0.15, 0.2) is 64.9 Å². The summed E-state index contributed by atoms with van der Waals surface area (Å²) >= 11 is 3.04. The molecule has 1 heterocycles. The Hall–Kier alpha value is -2.25. The van der Waals surface area contributed by atoms with Gasteiger partial charge >= 0.3 is 0 Å². The molecule has 0 aliphatic carbocycles. The first-order valence-corrected chi connectivity index (χ1v) is 9.91. The predicted octanol–water partition coefficient (Wildman–Crippen LogP) is 4.03. The lowest BCUT2D eigenvalue weighted by molar-refractivity contribution is -0.113. The number of para-hydroxylation sites is 1. The van der Waals surface area contributed by atoms with Crippen LogP contribution in [0.3, 0.4) is 0 Å². The highest BCUT2D eigenvalue weighted by atomic mass is 32.2. The van der Waals surface area contributed by atoms with E-state index in [9.17, 15) is 4.79 Å². The fraction of sp³-hybridized carbons (Fsp3) is 0.167. The molecule has 0 radical (unpaired) electrons. The fourth-order valence-electron chi connectivity index (χ4n) is 2.32. The van der Waals surface area contributed by atoms with Gasteiger partial charge in [-0.3, -0.25) is 9.36 Å². The number of rotatable bonds is 6. The third-order valence-electron chi connectivity index (χ3n) is 3.60. The van der Waals surface area contributed by atoms with E-state index in [0.29, 0.717) is 5.16 Å². The van der Waals surface area contributed by atoms with Crippen LogP contribution in [0.5, 0.6) is 0 Å². The number of carbonyl (C=O) groups is 1. The molecule has 1 N–H and O–H groups in total. The molecular formula is C18H18N4OS2. The second-order valence-electron chi connectivity index (χ2n) is 5.34. The summed E-state index contributed by atoms with van der Waals surface area (Å²) in [6.45, 7) is 2.04. The quantitative estimate of drug-likeness (QED) is 0.664. The molecular weight excluding hydrogens is 352 g/mol. The number of nitrogens with zero attached hydrogens (tertiary/aromatic N) is 3. The number of carbonyl (C=O) groups excluding carboxylic acids is 1. The summed E-state index contributed by atoms with van der Waals surface area (Å²) in [5.41, 5.74) is 2.94. The molecule has 3 rings (SSSR count). The number of aryl methyl sites for hydroxylation is 1. The Morgan fingerprint density at radius 3 is 2.64 bits per heavy atom. The Balaban J connectivity index is 1.63. The SMILES string of the molecule is CSc1ccc(NC(=O)CSc2nncn2-c2ccccc2C)cc1. The third kappa shape index (κ3) is 4.43. The van der Waals surface area contributed by atoms with Gasteiger partial charge in [0.05, 0.1) is 11.4 Å². The number of anilines is 1. The zero-order valence-corrected chi connectivity index (χ0v) is 15.6. The minimum absolute atomic E-state index is 0.0683. The zero-order chi connectivity index (χ0) is 17.6. The maximum Gasteiger partial charge on any atom is 0.234 e. The van der Waals surface area contributed by atoms with Crippen LogP contribution in [0.2, 0.25) is 0 Å². The van der Waals surface area contributed by atoms with Gasteiger partial charge in [-0.25, -0.2) is 0 Å². The van der Waals surface area contributed by atoms with Crippen molar-refractivity contribution in [3.05, 3.63) is 60.4 Å². The molecule has 0 saturated carbocycles. The number of thioether (sulfide) groups is 2. The molecule has 2 aromatic carbocycles. The minimum atomic E-state index is -0.0683. The predicted molar refractivity (Wildman–Crippen MR) is 104 cm³/mol. The van der Waals surface area contributed by atoms with E-state index in [1.54, 1.807) is 18.1 Å². The van der Waals surface area contributed by atoms with E-state index in [0.717, 1.165) is 16.9 Å². The van der Waals surface area contributed by atoms with Gasteiger partial charge in [-0.15, -0.1) is 22.0 Å². The largest absolute Gasteiger partial charge is 0.325 e. The molecule has 1 amide bonds. The van der Waals surface area contributed by atoms with Crippen LogP contribution in [0.1, 0.15) is 5.56 Å². The molecule has 0 spiro atoms. The molecule has 0 bridgehead atoms. The maximum atomic E-state index is 12.2. The molecule has 3 aromatic rings. The van der Waals surface area contributed by atoms with Crippen LogP contribution in [0, 0.1) is 6.92 Å². The van der Waals surface area contributed by atoms with Crippen LogP contribution in [0.25, 0.3) is 5.69 Å². The molecule has 1 aromatic heterocycles. The monoisotopic (exact) mass is 370 g/mol. The number of hydrogen-bond acceptors (Lipinski definition) is 5. The van der Waals surface area contributed by atoms with E-state index in [1.807, 2.05) is 66.3 Å². The lowest BCUT2D eigenvalue weighted by Crippen LogP contribution is -2.14. The van der Waals surface area contributed by atoms with Crippen molar-refractivity contribution in [3.63, 3.8) is 0 Å². The number of amides is 1. The van der Waals surface area contributed by atoms with Crippen LogP contribution in [-0.2, 0) is 4.79 Å².